The van der Waals surface area contributed by atoms with Crippen molar-refractivity contribution in [2.24, 2.45) is 0 Å². The van der Waals surface area contributed by atoms with Gasteiger partial charge in [0.25, 0.3) is 5.91 Å². The van der Waals surface area contributed by atoms with Crippen LogP contribution in [0.25, 0.3) is 0 Å². The maximum absolute atomic E-state index is 13.7. The van der Waals surface area contributed by atoms with Crippen molar-refractivity contribution in [2.75, 3.05) is 33.4 Å². The van der Waals surface area contributed by atoms with Gasteiger partial charge in [-0.25, -0.2) is 24.2 Å². The Kier molecular flexibility index (Phi) is 21.5. The number of nitrogens with one attached hydrogen (secondary N) is 4. The molecule has 0 spiro atoms. The first-order valence-corrected chi connectivity index (χ1v) is 23.6. The highest BCUT2D eigenvalue weighted by atomic mass is 19.1. The van der Waals surface area contributed by atoms with E-state index in [1.165, 1.54) is 6.92 Å². The largest absolute Gasteiger partial charge is 0.465 e. The number of amides is 6. The molecule has 3 rings (SSSR count). The highest BCUT2D eigenvalue weighted by molar-refractivity contribution is 5.82. The SMILES string of the molecule is CN(C(=O)O)[C@@H]1[C@@H](O)[C@@H](O[C@@H]2[C@H](O)[C@H](O[C@H]3O[C@H](CN(C=O)OC(C)(C)CCCF)CC[C@H]3NC(=O)OC(C)(C)C)[C@@H](NC(=O)OC(C)(C)C)C[C@H]2NC(=O)[C@@H](O)CNC(=O)OC(C)(C)C)OC[C@]1(C)O. The Bertz CT molecular complexity index is 1790. The summed E-state index contributed by atoms with van der Waals surface area (Å²) in [6, 6.07) is -5.41. The van der Waals surface area contributed by atoms with Crippen molar-refractivity contribution >= 4 is 36.7 Å². The van der Waals surface area contributed by atoms with Crippen LogP contribution in [0.4, 0.5) is 23.6 Å². The first-order valence-electron chi connectivity index (χ1n) is 23.6. The number of carbonyl (C=O) groups excluding carboxylic acids is 5. The van der Waals surface area contributed by atoms with Crippen LogP contribution in [0.1, 0.15) is 115 Å². The lowest BCUT2D eigenvalue weighted by molar-refractivity contribution is -0.316. The van der Waals surface area contributed by atoms with Crippen molar-refractivity contribution < 1.29 is 96.7 Å². The molecule has 25 nitrogen and oxygen atoms in total. The third kappa shape index (κ3) is 19.5. The molecule has 0 aromatic carbocycles. The van der Waals surface area contributed by atoms with Crippen molar-refractivity contribution in [3.8, 4) is 0 Å². The first-order chi connectivity index (χ1) is 32.5. The van der Waals surface area contributed by atoms with E-state index in [9.17, 15) is 58.7 Å². The number of hydroxylamine groups is 2. The van der Waals surface area contributed by atoms with Gasteiger partial charge in [-0.1, -0.05) is 0 Å². The third-order valence-corrected chi connectivity index (χ3v) is 11.2. The van der Waals surface area contributed by atoms with E-state index < -0.39 is 158 Å². The Morgan fingerprint density at radius 1 is 0.803 bits per heavy atom. The molecule has 1 aliphatic carbocycles. The number of carboxylic acid groups (broad SMARTS) is 1. The standard InChI is InChI=1S/C45H79FN6O19/c1-41(2,3)68-37(58)47-20-28(54)34(57)48-26-19-27(50-39(60)70-43(7,8)9)32(29(55)31(26)67-36-30(56)33(51(13)40(61)62)45(12,63)22-64-36)66-35-25(49-38(59)69-42(4,5)6)16-15-24(65-35)21-52(23-53)71-44(10,11)17-14-18-46/h23-33,35-36,54-56,63H,14-22H2,1-13H3,(H,47,58)(H,48,57)(H,49,59)(H,50,60)(H,61,62)/t24-,25+,26+,27-,28-,29-,30+,31-,32+,33+,35+,36+,45-/m0/s1. The second kappa shape index (κ2) is 25.0. The quantitative estimate of drug-likeness (QED) is 0.0503. The zero-order chi connectivity index (χ0) is 54.0. The van der Waals surface area contributed by atoms with E-state index in [1.54, 1.807) is 76.2 Å². The van der Waals surface area contributed by atoms with Gasteiger partial charge in [-0.15, -0.1) is 0 Å². The molecule has 6 amide bonds. The molecule has 1 saturated carbocycles. The van der Waals surface area contributed by atoms with Crippen molar-refractivity contribution in [1.82, 2.24) is 31.2 Å². The van der Waals surface area contributed by atoms with Crippen LogP contribution in [0, 0.1) is 0 Å². The fourth-order valence-corrected chi connectivity index (χ4v) is 8.18. The molecule has 0 bridgehead atoms. The summed E-state index contributed by atoms with van der Waals surface area (Å²) < 4.78 is 54.2. The number of aliphatic hydroxyl groups excluding tert-OH is 3. The van der Waals surface area contributed by atoms with Gasteiger partial charge in [0, 0.05) is 7.05 Å². The van der Waals surface area contributed by atoms with Crippen molar-refractivity contribution in [2.45, 2.75) is 217 Å². The number of carbonyl (C=O) groups is 6. The van der Waals surface area contributed by atoms with E-state index in [4.69, 9.17) is 38.0 Å². The minimum absolute atomic E-state index is 0.119. The number of rotatable bonds is 19. The topological polar surface area (TPSA) is 332 Å². The summed E-state index contributed by atoms with van der Waals surface area (Å²) in [5.41, 5.74) is -5.85. The van der Waals surface area contributed by atoms with Crippen molar-refractivity contribution in [3.05, 3.63) is 0 Å². The lowest BCUT2D eigenvalue weighted by Gasteiger charge is -2.50. The molecule has 71 heavy (non-hydrogen) atoms. The van der Waals surface area contributed by atoms with Gasteiger partial charge >= 0.3 is 24.4 Å². The van der Waals surface area contributed by atoms with E-state index in [2.05, 4.69) is 21.3 Å². The number of hydrogen-bond donors (Lipinski definition) is 9. The van der Waals surface area contributed by atoms with E-state index in [0.717, 1.165) is 12.1 Å². The Balaban J connectivity index is 2.13. The van der Waals surface area contributed by atoms with E-state index >= 15 is 0 Å². The van der Waals surface area contributed by atoms with Crippen LogP contribution in [0.2, 0.25) is 0 Å². The fraction of sp³-hybridized carbons (Fsp3) is 0.867. The highest BCUT2D eigenvalue weighted by Gasteiger charge is 2.55. The van der Waals surface area contributed by atoms with Crippen LogP contribution in [0.3, 0.4) is 0 Å². The smallest absolute Gasteiger partial charge is 0.408 e. The monoisotopic (exact) mass is 1030 g/mol. The fourth-order valence-electron chi connectivity index (χ4n) is 8.18. The molecule has 3 aliphatic rings. The zero-order valence-corrected chi connectivity index (χ0v) is 43.1. The molecule has 3 fully saturated rings. The van der Waals surface area contributed by atoms with Gasteiger partial charge in [-0.3, -0.25) is 18.8 Å². The van der Waals surface area contributed by atoms with Crippen LogP contribution in [0.15, 0.2) is 0 Å². The van der Waals surface area contributed by atoms with Gasteiger partial charge in [-0.2, -0.15) is 0 Å². The number of halogens is 1. The summed E-state index contributed by atoms with van der Waals surface area (Å²) in [4.78, 5) is 83.9. The van der Waals surface area contributed by atoms with Gasteiger partial charge in [0.1, 0.15) is 52.9 Å². The van der Waals surface area contributed by atoms with Crippen LogP contribution in [-0.4, -0.2) is 207 Å². The minimum atomic E-state index is -2.00. The average Bonchev–Trinajstić information content (AvgIpc) is 3.20. The van der Waals surface area contributed by atoms with Gasteiger partial charge in [0.05, 0.1) is 62.2 Å². The van der Waals surface area contributed by atoms with Crippen LogP contribution in [0.5, 0.6) is 0 Å². The normalized spacial score (nSPS) is 29.9. The number of ether oxygens (including phenoxy) is 7. The Labute approximate surface area is 413 Å². The molecule has 2 aliphatic heterocycles. The van der Waals surface area contributed by atoms with Gasteiger partial charge < -0.3 is 84.9 Å². The Hall–Kier alpha value is -4.41. The second-order valence-electron chi connectivity index (χ2n) is 21.9. The van der Waals surface area contributed by atoms with Crippen LogP contribution in [-0.2, 0) is 47.6 Å². The predicted molar refractivity (Wildman–Crippen MR) is 246 cm³/mol. The van der Waals surface area contributed by atoms with E-state index in [0.29, 0.717) is 11.3 Å². The number of nitrogens with zero attached hydrogens (tertiary/aromatic N) is 2. The molecule has 2 heterocycles. The van der Waals surface area contributed by atoms with Gasteiger partial charge in [-0.05, 0) is 115 Å². The maximum Gasteiger partial charge on any atom is 0.408 e. The highest BCUT2D eigenvalue weighted by Crippen LogP contribution is 2.35. The zero-order valence-electron chi connectivity index (χ0n) is 43.1. The molecular formula is C45H79FN6O19. The summed E-state index contributed by atoms with van der Waals surface area (Å²) >= 11 is 0. The number of aliphatic hydroxyl groups is 4. The van der Waals surface area contributed by atoms with Crippen LogP contribution >= 0.6 is 0 Å². The molecular weight excluding hydrogens is 948 g/mol. The van der Waals surface area contributed by atoms with Crippen molar-refractivity contribution in [3.63, 3.8) is 0 Å². The number of alkyl carbamates (subject to hydrolysis) is 3. The molecule has 0 aromatic heterocycles. The molecule has 26 heteroatoms. The summed E-state index contributed by atoms with van der Waals surface area (Å²) in [5, 5.41) is 67.3. The molecule has 410 valence electrons. The predicted octanol–water partition coefficient (Wildman–Crippen LogP) is 1.55. The number of likely N-dealkylation sites (N-methyl/N-ethyl adjacent to an activating group) is 1. The number of alkyl halides is 1. The summed E-state index contributed by atoms with van der Waals surface area (Å²) in [6.07, 6.45) is -17.1. The first kappa shape index (κ1) is 60.9. The lowest BCUT2D eigenvalue weighted by Crippen LogP contribution is -2.71. The summed E-state index contributed by atoms with van der Waals surface area (Å²) in [6.45, 7) is 17.1. The molecule has 2 saturated heterocycles. The minimum Gasteiger partial charge on any atom is -0.465 e. The van der Waals surface area contributed by atoms with E-state index in [-0.39, 0.29) is 32.2 Å². The molecule has 13 atom stereocenters. The number of hydrogen-bond acceptors (Lipinski definition) is 18. The Morgan fingerprint density at radius 2 is 1.32 bits per heavy atom. The lowest BCUT2D eigenvalue weighted by atomic mass is 9.82. The molecule has 0 unspecified atom stereocenters. The third-order valence-electron chi connectivity index (χ3n) is 11.2. The van der Waals surface area contributed by atoms with Gasteiger partial charge in [0.2, 0.25) is 6.41 Å². The van der Waals surface area contributed by atoms with Gasteiger partial charge in [0.15, 0.2) is 12.6 Å². The van der Waals surface area contributed by atoms with Crippen LogP contribution < -0.4 is 21.3 Å². The molecule has 9 N–H and O–H groups in total. The summed E-state index contributed by atoms with van der Waals surface area (Å²) in [5.74, 6) is -1.12. The van der Waals surface area contributed by atoms with E-state index in [1.807, 2.05) is 0 Å². The Morgan fingerprint density at radius 3 is 1.85 bits per heavy atom. The molecule has 0 aromatic rings. The average molecular weight is 1030 g/mol. The van der Waals surface area contributed by atoms with Crippen molar-refractivity contribution in [1.29, 1.82) is 0 Å². The summed E-state index contributed by atoms with van der Waals surface area (Å²) in [7, 11) is 1.10. The molecule has 0 radical (unpaired) electrons. The maximum atomic E-state index is 13.7. The second-order valence-corrected chi connectivity index (χ2v) is 21.9.